The van der Waals surface area contributed by atoms with Crippen molar-refractivity contribution in [2.45, 2.75) is 12.8 Å². The second-order valence-corrected chi connectivity index (χ2v) is 5.09. The van der Waals surface area contributed by atoms with Gasteiger partial charge in [0.25, 0.3) is 0 Å². The maximum atomic E-state index is 10.7. The molecule has 0 spiro atoms. The van der Waals surface area contributed by atoms with Gasteiger partial charge in [-0.2, -0.15) is 0 Å². The number of benzene rings is 1. The van der Waals surface area contributed by atoms with E-state index < -0.39 is 5.97 Å². The number of aliphatic hydroxyl groups excluding tert-OH is 2. The average Bonchev–Trinajstić information content (AvgIpc) is 2.81. The molecule has 0 aliphatic carbocycles. The summed E-state index contributed by atoms with van der Waals surface area (Å²) in [5, 5.41) is 27.0. The van der Waals surface area contributed by atoms with Crippen LogP contribution in [0.15, 0.2) is 18.2 Å². The van der Waals surface area contributed by atoms with Gasteiger partial charge in [-0.3, -0.25) is 4.79 Å². The highest BCUT2D eigenvalue weighted by Gasteiger charge is 2.12. The van der Waals surface area contributed by atoms with Crippen LogP contribution in [0.2, 0.25) is 0 Å². The van der Waals surface area contributed by atoms with Crippen LogP contribution in [-0.4, -0.2) is 57.1 Å². The first kappa shape index (κ1) is 16.3. The van der Waals surface area contributed by atoms with Crippen molar-refractivity contribution in [1.29, 1.82) is 0 Å². The Balaban J connectivity index is 2.31. The molecule has 1 aromatic carbocycles. The highest BCUT2D eigenvalue weighted by Crippen LogP contribution is 2.23. The average molecular weight is 307 g/mol. The van der Waals surface area contributed by atoms with Crippen molar-refractivity contribution in [2.24, 2.45) is 7.05 Å². The SMILES string of the molecule is Cn1c(CCC(=O)O)nc2cc(N(CCO)CCO)ccc21. The van der Waals surface area contributed by atoms with E-state index in [1.807, 2.05) is 34.7 Å². The summed E-state index contributed by atoms with van der Waals surface area (Å²) in [5.74, 6) is -0.116. The van der Waals surface area contributed by atoms with Gasteiger partial charge in [-0.25, -0.2) is 4.98 Å². The Kier molecular flexibility index (Phi) is 5.35. The number of anilines is 1. The Bertz CT molecular complexity index is 648. The molecule has 0 saturated heterocycles. The molecule has 7 nitrogen and oxygen atoms in total. The summed E-state index contributed by atoms with van der Waals surface area (Å²) in [6.45, 7) is 0.879. The van der Waals surface area contributed by atoms with E-state index in [1.165, 1.54) is 0 Å². The van der Waals surface area contributed by atoms with E-state index in [1.54, 1.807) is 0 Å². The molecule has 120 valence electrons. The molecule has 1 heterocycles. The highest BCUT2D eigenvalue weighted by atomic mass is 16.4. The zero-order valence-electron chi connectivity index (χ0n) is 12.6. The summed E-state index contributed by atoms with van der Waals surface area (Å²) >= 11 is 0. The van der Waals surface area contributed by atoms with Gasteiger partial charge in [0.05, 0.1) is 30.7 Å². The molecule has 0 atom stereocenters. The lowest BCUT2D eigenvalue weighted by molar-refractivity contribution is -0.137. The van der Waals surface area contributed by atoms with Crippen LogP contribution in [0.1, 0.15) is 12.2 Å². The summed E-state index contributed by atoms with van der Waals surface area (Å²) in [6, 6.07) is 5.73. The Morgan fingerprint density at radius 1 is 1.27 bits per heavy atom. The fraction of sp³-hybridized carbons (Fsp3) is 0.467. The minimum atomic E-state index is -0.843. The molecule has 0 aliphatic rings. The van der Waals surface area contributed by atoms with Gasteiger partial charge in [0.2, 0.25) is 0 Å². The minimum absolute atomic E-state index is 0.00408. The van der Waals surface area contributed by atoms with Crippen LogP contribution < -0.4 is 4.90 Å². The van der Waals surface area contributed by atoms with Crippen LogP contribution in [0.5, 0.6) is 0 Å². The molecule has 2 aromatic rings. The van der Waals surface area contributed by atoms with Crippen molar-refractivity contribution in [3.05, 3.63) is 24.0 Å². The van der Waals surface area contributed by atoms with Gasteiger partial charge < -0.3 is 24.8 Å². The predicted molar refractivity (Wildman–Crippen MR) is 83.1 cm³/mol. The first-order valence-corrected chi connectivity index (χ1v) is 7.20. The number of carbonyl (C=O) groups is 1. The second-order valence-electron chi connectivity index (χ2n) is 5.09. The number of carboxylic acid groups (broad SMARTS) is 1. The van der Waals surface area contributed by atoms with E-state index >= 15 is 0 Å². The number of aromatic nitrogens is 2. The maximum absolute atomic E-state index is 10.7. The number of rotatable bonds is 8. The Labute approximate surface area is 128 Å². The second kappa shape index (κ2) is 7.24. The van der Waals surface area contributed by atoms with Crippen LogP contribution >= 0.6 is 0 Å². The van der Waals surface area contributed by atoms with E-state index in [0.29, 0.717) is 19.5 Å². The summed E-state index contributed by atoms with van der Waals surface area (Å²) in [7, 11) is 1.87. The molecule has 0 aliphatic heterocycles. The molecule has 22 heavy (non-hydrogen) atoms. The van der Waals surface area contributed by atoms with Crippen LogP contribution in [0.3, 0.4) is 0 Å². The van der Waals surface area contributed by atoms with Gasteiger partial charge in [0.1, 0.15) is 5.82 Å². The fourth-order valence-corrected chi connectivity index (χ4v) is 2.49. The van der Waals surface area contributed by atoms with Gasteiger partial charge in [-0.1, -0.05) is 0 Å². The molecule has 0 bridgehead atoms. The number of fused-ring (bicyclic) bond motifs is 1. The number of hydrogen-bond acceptors (Lipinski definition) is 5. The summed E-state index contributed by atoms with van der Waals surface area (Å²) in [6.07, 6.45) is 0.429. The first-order valence-electron chi connectivity index (χ1n) is 7.20. The molecule has 0 fully saturated rings. The third-order valence-electron chi connectivity index (χ3n) is 3.62. The summed E-state index contributed by atoms with van der Waals surface area (Å²) in [4.78, 5) is 17.1. The molecule has 0 radical (unpaired) electrons. The van der Waals surface area contributed by atoms with Crippen LogP contribution in [-0.2, 0) is 18.3 Å². The van der Waals surface area contributed by atoms with Gasteiger partial charge >= 0.3 is 5.97 Å². The number of aryl methyl sites for hydroxylation is 2. The number of hydrogen-bond donors (Lipinski definition) is 3. The third-order valence-corrected chi connectivity index (χ3v) is 3.62. The lowest BCUT2D eigenvalue weighted by Gasteiger charge is -2.22. The lowest BCUT2D eigenvalue weighted by Crippen LogP contribution is -2.29. The number of aliphatic hydroxyl groups is 2. The van der Waals surface area contributed by atoms with E-state index in [4.69, 9.17) is 15.3 Å². The Morgan fingerprint density at radius 2 is 1.95 bits per heavy atom. The van der Waals surface area contributed by atoms with E-state index in [2.05, 4.69) is 4.98 Å². The monoisotopic (exact) mass is 307 g/mol. The van der Waals surface area contributed by atoms with Crippen molar-refractivity contribution in [3.8, 4) is 0 Å². The topological polar surface area (TPSA) is 98.8 Å². The van der Waals surface area contributed by atoms with Crippen molar-refractivity contribution in [3.63, 3.8) is 0 Å². The normalized spacial score (nSPS) is 11.0. The Morgan fingerprint density at radius 3 is 2.55 bits per heavy atom. The number of carboxylic acids is 1. The van der Waals surface area contributed by atoms with Crippen molar-refractivity contribution >= 4 is 22.7 Å². The van der Waals surface area contributed by atoms with Crippen molar-refractivity contribution in [1.82, 2.24) is 9.55 Å². The quantitative estimate of drug-likeness (QED) is 0.652. The van der Waals surface area contributed by atoms with Gasteiger partial charge in [-0.15, -0.1) is 0 Å². The van der Waals surface area contributed by atoms with Crippen molar-refractivity contribution < 1.29 is 20.1 Å². The highest BCUT2D eigenvalue weighted by molar-refractivity contribution is 5.80. The standard InChI is InChI=1S/C15H21N3O4/c1-17-13-3-2-11(18(6-8-19)7-9-20)10-12(13)16-14(17)4-5-15(21)22/h2-3,10,19-20H,4-9H2,1H3,(H,21,22). The molecule has 2 rings (SSSR count). The molecule has 0 saturated carbocycles. The molecule has 1 aromatic heterocycles. The summed E-state index contributed by atoms with van der Waals surface area (Å²) in [5.41, 5.74) is 2.58. The molecule has 0 amide bonds. The van der Waals surface area contributed by atoms with E-state index in [9.17, 15) is 4.79 Å². The Hall–Kier alpha value is -2.12. The van der Waals surface area contributed by atoms with Crippen LogP contribution in [0.4, 0.5) is 5.69 Å². The zero-order chi connectivity index (χ0) is 16.1. The lowest BCUT2D eigenvalue weighted by atomic mass is 10.2. The molecule has 3 N–H and O–H groups in total. The molecule has 0 unspecified atom stereocenters. The van der Waals surface area contributed by atoms with Gasteiger partial charge in [0.15, 0.2) is 0 Å². The van der Waals surface area contributed by atoms with Crippen LogP contribution in [0.25, 0.3) is 11.0 Å². The number of nitrogens with zero attached hydrogens (tertiary/aromatic N) is 3. The number of imidazole rings is 1. The van der Waals surface area contributed by atoms with Crippen molar-refractivity contribution in [2.75, 3.05) is 31.2 Å². The largest absolute Gasteiger partial charge is 0.481 e. The van der Waals surface area contributed by atoms with E-state index in [0.717, 1.165) is 22.5 Å². The van der Waals surface area contributed by atoms with Crippen LogP contribution in [0, 0.1) is 0 Å². The zero-order valence-corrected chi connectivity index (χ0v) is 12.6. The molecular weight excluding hydrogens is 286 g/mol. The smallest absolute Gasteiger partial charge is 0.303 e. The van der Waals surface area contributed by atoms with E-state index in [-0.39, 0.29) is 19.6 Å². The number of aliphatic carboxylic acids is 1. The predicted octanol–water partition coefficient (Wildman–Crippen LogP) is 0.382. The van der Waals surface area contributed by atoms with Gasteiger partial charge in [-0.05, 0) is 18.2 Å². The first-order chi connectivity index (χ1) is 10.6. The van der Waals surface area contributed by atoms with Gasteiger partial charge in [0, 0.05) is 32.2 Å². The molecular formula is C15H21N3O4. The third kappa shape index (κ3) is 3.55. The molecule has 7 heteroatoms. The maximum Gasteiger partial charge on any atom is 0.303 e. The summed E-state index contributed by atoms with van der Waals surface area (Å²) < 4.78 is 1.89. The fourth-order valence-electron chi connectivity index (χ4n) is 2.49. The minimum Gasteiger partial charge on any atom is -0.481 e.